The van der Waals surface area contributed by atoms with Crippen molar-refractivity contribution in [1.82, 2.24) is 9.38 Å². The van der Waals surface area contributed by atoms with Crippen LogP contribution in [0.4, 0.5) is 0 Å². The molecule has 2 heterocycles. The zero-order valence-corrected chi connectivity index (χ0v) is 17.0. The summed E-state index contributed by atoms with van der Waals surface area (Å²) in [6.07, 6.45) is 3.49. The van der Waals surface area contributed by atoms with Gasteiger partial charge in [-0.15, -0.1) is 0 Å². The standard InChI is InChI=1S/C21H17BrN2O2S/c1-15-7-10-18(11-8-15)27(25,26)21(16-5-3-2-4-6-16)19-13-23-20-12-9-17(22)14-24(19)20/h2-14,21H,1H3. The number of rotatable bonds is 4. The maximum atomic E-state index is 13.6. The minimum Gasteiger partial charge on any atom is -0.301 e. The second kappa shape index (κ2) is 6.94. The molecule has 4 rings (SSSR count). The maximum Gasteiger partial charge on any atom is 0.191 e. The molecule has 6 heteroatoms. The molecule has 0 spiro atoms. The van der Waals surface area contributed by atoms with Crippen molar-refractivity contribution in [3.8, 4) is 0 Å². The van der Waals surface area contributed by atoms with Crippen molar-refractivity contribution in [1.29, 1.82) is 0 Å². The molecule has 0 aliphatic heterocycles. The first-order chi connectivity index (χ1) is 13.0. The van der Waals surface area contributed by atoms with Gasteiger partial charge >= 0.3 is 0 Å². The number of benzene rings is 2. The Morgan fingerprint density at radius 3 is 2.37 bits per heavy atom. The molecule has 0 bridgehead atoms. The van der Waals surface area contributed by atoms with E-state index in [1.165, 1.54) is 0 Å². The first kappa shape index (κ1) is 17.9. The Kier molecular flexibility index (Phi) is 4.61. The van der Waals surface area contributed by atoms with Gasteiger partial charge in [-0.2, -0.15) is 0 Å². The average molecular weight is 441 g/mol. The molecular weight excluding hydrogens is 424 g/mol. The van der Waals surface area contributed by atoms with Crippen molar-refractivity contribution in [2.24, 2.45) is 0 Å². The van der Waals surface area contributed by atoms with Gasteiger partial charge in [0.2, 0.25) is 0 Å². The van der Waals surface area contributed by atoms with Crippen molar-refractivity contribution in [2.75, 3.05) is 0 Å². The number of fused-ring (bicyclic) bond motifs is 1. The summed E-state index contributed by atoms with van der Waals surface area (Å²) in [5.74, 6) is 0. The third kappa shape index (κ3) is 3.31. The number of hydrogen-bond donors (Lipinski definition) is 0. The van der Waals surface area contributed by atoms with E-state index >= 15 is 0 Å². The molecule has 1 atom stereocenters. The second-order valence-electron chi connectivity index (χ2n) is 6.41. The van der Waals surface area contributed by atoms with E-state index in [2.05, 4.69) is 20.9 Å². The van der Waals surface area contributed by atoms with Crippen LogP contribution >= 0.6 is 15.9 Å². The van der Waals surface area contributed by atoms with Crippen LogP contribution in [0.2, 0.25) is 0 Å². The van der Waals surface area contributed by atoms with E-state index in [1.807, 2.05) is 72.1 Å². The largest absolute Gasteiger partial charge is 0.301 e. The third-order valence-corrected chi connectivity index (χ3v) is 7.06. The van der Waals surface area contributed by atoms with E-state index in [4.69, 9.17) is 0 Å². The fourth-order valence-electron chi connectivity index (χ4n) is 3.17. The van der Waals surface area contributed by atoms with Gasteiger partial charge < -0.3 is 4.40 Å². The summed E-state index contributed by atoms with van der Waals surface area (Å²) in [5, 5.41) is -0.856. The van der Waals surface area contributed by atoms with E-state index in [-0.39, 0.29) is 0 Å². The molecule has 2 aromatic heterocycles. The van der Waals surface area contributed by atoms with Gasteiger partial charge in [-0.05, 0) is 52.7 Å². The van der Waals surface area contributed by atoms with E-state index in [9.17, 15) is 8.42 Å². The molecule has 1 unspecified atom stereocenters. The summed E-state index contributed by atoms with van der Waals surface area (Å²) < 4.78 is 29.9. The average Bonchev–Trinajstić information content (AvgIpc) is 3.06. The highest BCUT2D eigenvalue weighted by Gasteiger charge is 2.33. The minimum atomic E-state index is -3.67. The Bertz CT molecular complexity index is 1200. The molecule has 4 nitrogen and oxygen atoms in total. The SMILES string of the molecule is Cc1ccc(S(=O)(=O)C(c2ccccc2)c2cnc3ccc(Br)cn23)cc1. The smallest absolute Gasteiger partial charge is 0.191 e. The minimum absolute atomic E-state index is 0.298. The van der Waals surface area contributed by atoms with Gasteiger partial charge in [0.05, 0.1) is 16.8 Å². The summed E-state index contributed by atoms with van der Waals surface area (Å²) in [4.78, 5) is 4.70. The lowest BCUT2D eigenvalue weighted by Crippen LogP contribution is -2.17. The van der Waals surface area contributed by atoms with Crippen LogP contribution in [0.15, 0.2) is 88.5 Å². The van der Waals surface area contributed by atoms with Crippen LogP contribution in [0.1, 0.15) is 22.1 Å². The Morgan fingerprint density at radius 1 is 0.963 bits per heavy atom. The van der Waals surface area contributed by atoms with Crippen molar-refractivity contribution in [2.45, 2.75) is 17.1 Å². The number of aromatic nitrogens is 2. The lowest BCUT2D eigenvalue weighted by atomic mass is 10.1. The van der Waals surface area contributed by atoms with Crippen LogP contribution < -0.4 is 0 Å². The molecule has 0 N–H and O–H groups in total. The second-order valence-corrected chi connectivity index (χ2v) is 9.36. The van der Waals surface area contributed by atoms with Crippen molar-refractivity contribution < 1.29 is 8.42 Å². The first-order valence-electron chi connectivity index (χ1n) is 8.45. The summed E-state index contributed by atoms with van der Waals surface area (Å²) in [6.45, 7) is 1.94. The van der Waals surface area contributed by atoms with E-state index < -0.39 is 15.1 Å². The van der Waals surface area contributed by atoms with Crippen molar-refractivity contribution in [3.63, 3.8) is 0 Å². The van der Waals surface area contributed by atoms with Crippen LogP contribution in [-0.4, -0.2) is 17.8 Å². The molecule has 0 saturated carbocycles. The molecule has 0 aliphatic rings. The number of aryl methyl sites for hydroxylation is 1. The molecule has 0 aliphatic carbocycles. The Balaban J connectivity index is 1.98. The van der Waals surface area contributed by atoms with Crippen LogP contribution in [0, 0.1) is 6.92 Å². The molecule has 27 heavy (non-hydrogen) atoms. The maximum absolute atomic E-state index is 13.6. The lowest BCUT2D eigenvalue weighted by molar-refractivity contribution is 0.587. The van der Waals surface area contributed by atoms with Gasteiger partial charge in [0.15, 0.2) is 9.84 Å². The van der Waals surface area contributed by atoms with Gasteiger partial charge in [0.1, 0.15) is 10.9 Å². The molecule has 136 valence electrons. The highest BCUT2D eigenvalue weighted by Crippen LogP contribution is 2.35. The number of hydrogen-bond acceptors (Lipinski definition) is 3. The molecule has 0 fully saturated rings. The number of pyridine rings is 1. The lowest BCUT2D eigenvalue weighted by Gasteiger charge is -2.18. The fourth-order valence-corrected chi connectivity index (χ4v) is 5.30. The summed E-state index contributed by atoms with van der Waals surface area (Å²) in [5.41, 5.74) is 3.04. The molecule has 2 aromatic carbocycles. The summed E-state index contributed by atoms with van der Waals surface area (Å²) >= 11 is 3.46. The Labute approximate surface area is 166 Å². The van der Waals surface area contributed by atoms with E-state index in [0.717, 1.165) is 10.0 Å². The van der Waals surface area contributed by atoms with Gasteiger partial charge in [0.25, 0.3) is 0 Å². The van der Waals surface area contributed by atoms with Gasteiger partial charge in [-0.25, -0.2) is 13.4 Å². The normalized spacial score (nSPS) is 13.0. The Hall–Kier alpha value is -2.44. The van der Waals surface area contributed by atoms with Gasteiger partial charge in [0, 0.05) is 10.7 Å². The molecule has 4 aromatic rings. The zero-order chi connectivity index (χ0) is 19.0. The summed E-state index contributed by atoms with van der Waals surface area (Å²) in [6, 6.07) is 20.0. The predicted molar refractivity (Wildman–Crippen MR) is 110 cm³/mol. The van der Waals surface area contributed by atoms with E-state index in [1.54, 1.807) is 18.3 Å². The van der Waals surface area contributed by atoms with Crippen molar-refractivity contribution in [3.05, 3.63) is 100 Å². The zero-order valence-electron chi connectivity index (χ0n) is 14.6. The predicted octanol–water partition coefficient (Wildman–Crippen LogP) is 4.97. The van der Waals surface area contributed by atoms with Crippen LogP contribution in [0.3, 0.4) is 0 Å². The monoisotopic (exact) mass is 440 g/mol. The van der Waals surface area contributed by atoms with Crippen LogP contribution in [-0.2, 0) is 9.84 Å². The number of nitrogens with zero attached hydrogens (tertiary/aromatic N) is 2. The molecular formula is C21H17BrN2O2S. The Morgan fingerprint density at radius 2 is 1.67 bits per heavy atom. The van der Waals surface area contributed by atoms with Crippen molar-refractivity contribution >= 4 is 31.4 Å². The first-order valence-corrected chi connectivity index (χ1v) is 10.8. The van der Waals surface area contributed by atoms with Crippen LogP contribution in [0.5, 0.6) is 0 Å². The van der Waals surface area contributed by atoms with Gasteiger partial charge in [-0.1, -0.05) is 48.0 Å². The molecule has 0 radical (unpaired) electrons. The number of halogens is 1. The highest BCUT2D eigenvalue weighted by molar-refractivity contribution is 9.10. The third-order valence-electron chi connectivity index (χ3n) is 4.53. The molecule has 0 amide bonds. The van der Waals surface area contributed by atoms with Crippen LogP contribution in [0.25, 0.3) is 5.65 Å². The van der Waals surface area contributed by atoms with E-state index in [0.29, 0.717) is 21.8 Å². The van der Waals surface area contributed by atoms with Gasteiger partial charge in [-0.3, -0.25) is 0 Å². The number of sulfone groups is 1. The topological polar surface area (TPSA) is 51.4 Å². The molecule has 0 saturated heterocycles. The summed E-state index contributed by atoms with van der Waals surface area (Å²) in [7, 11) is -3.67. The fraction of sp³-hybridized carbons (Fsp3) is 0.0952. The highest BCUT2D eigenvalue weighted by atomic mass is 79.9. The quantitative estimate of drug-likeness (QED) is 0.450. The number of imidazole rings is 1.